The molecule has 0 saturated heterocycles. The van der Waals surface area contributed by atoms with Gasteiger partial charge < -0.3 is 25.1 Å². The number of ether oxygens (including phenoxy) is 1. The normalized spacial score (nSPS) is 11.3. The molecule has 0 unspecified atom stereocenters. The smallest absolute Gasteiger partial charge is 0.291 e. The number of aliphatic imine (C=N–C) groups is 1. The van der Waals surface area contributed by atoms with Crippen LogP contribution in [-0.2, 0) is 11.3 Å². The van der Waals surface area contributed by atoms with Crippen molar-refractivity contribution in [2.45, 2.75) is 26.8 Å². The molecule has 0 aliphatic carbocycles. The van der Waals surface area contributed by atoms with Gasteiger partial charge in [0.15, 0.2) is 11.7 Å². The summed E-state index contributed by atoms with van der Waals surface area (Å²) >= 11 is 0. The number of nitrogens with one attached hydrogen (secondary N) is 3. The zero-order valence-electron chi connectivity index (χ0n) is 16.0. The average Bonchev–Trinajstić information content (AvgIpc) is 3.22. The maximum Gasteiger partial charge on any atom is 0.291 e. The number of guanidine groups is 1. The second kappa shape index (κ2) is 11.7. The Kier molecular flexibility index (Phi) is 8.92. The zero-order chi connectivity index (χ0) is 19.3. The van der Waals surface area contributed by atoms with Crippen LogP contribution >= 0.6 is 0 Å². The van der Waals surface area contributed by atoms with Crippen LogP contribution in [0.3, 0.4) is 0 Å². The van der Waals surface area contributed by atoms with Gasteiger partial charge >= 0.3 is 0 Å². The summed E-state index contributed by atoms with van der Waals surface area (Å²) in [5, 5.41) is 9.32. The first-order valence-corrected chi connectivity index (χ1v) is 9.26. The predicted molar refractivity (Wildman–Crippen MR) is 107 cm³/mol. The van der Waals surface area contributed by atoms with Gasteiger partial charge in [-0.25, -0.2) is 4.99 Å². The molecule has 1 aromatic heterocycles. The quantitative estimate of drug-likeness (QED) is 0.339. The number of hydrogen-bond acceptors (Lipinski definition) is 4. The number of amides is 1. The van der Waals surface area contributed by atoms with Crippen molar-refractivity contribution in [2.24, 2.45) is 4.99 Å². The summed E-state index contributed by atoms with van der Waals surface area (Å²) in [4.78, 5) is 16.5. The van der Waals surface area contributed by atoms with Crippen LogP contribution in [0.4, 0.5) is 5.69 Å². The highest BCUT2D eigenvalue weighted by Crippen LogP contribution is 2.12. The van der Waals surface area contributed by atoms with Gasteiger partial charge in [0.2, 0.25) is 0 Å². The fraction of sp³-hybridized carbons (Fsp3) is 0.400. The van der Waals surface area contributed by atoms with Crippen LogP contribution in [0.1, 0.15) is 36.4 Å². The first-order valence-electron chi connectivity index (χ1n) is 9.26. The number of carbonyl (C=O) groups is 1. The molecule has 0 bridgehead atoms. The third-order valence-electron chi connectivity index (χ3n) is 3.68. The number of nitrogens with zero attached hydrogens (tertiary/aromatic N) is 1. The topological polar surface area (TPSA) is 87.9 Å². The molecule has 1 amide bonds. The molecule has 27 heavy (non-hydrogen) atoms. The molecule has 1 aromatic carbocycles. The lowest BCUT2D eigenvalue weighted by Gasteiger charge is -2.11. The molecule has 3 N–H and O–H groups in total. The third-order valence-corrected chi connectivity index (χ3v) is 3.68. The van der Waals surface area contributed by atoms with E-state index in [0.29, 0.717) is 12.2 Å². The van der Waals surface area contributed by atoms with Crippen LogP contribution in [0, 0.1) is 0 Å². The monoisotopic (exact) mass is 372 g/mol. The Morgan fingerprint density at radius 3 is 2.63 bits per heavy atom. The zero-order valence-corrected chi connectivity index (χ0v) is 16.0. The van der Waals surface area contributed by atoms with Gasteiger partial charge in [0, 0.05) is 32.0 Å². The maximum atomic E-state index is 12.0. The van der Waals surface area contributed by atoms with Gasteiger partial charge in [-0.1, -0.05) is 12.1 Å². The summed E-state index contributed by atoms with van der Waals surface area (Å²) in [6, 6.07) is 10.9. The fourth-order valence-electron chi connectivity index (χ4n) is 2.33. The van der Waals surface area contributed by atoms with Gasteiger partial charge in [-0.15, -0.1) is 0 Å². The second-order valence-corrected chi connectivity index (χ2v) is 5.80. The van der Waals surface area contributed by atoms with E-state index in [2.05, 4.69) is 20.9 Å². The summed E-state index contributed by atoms with van der Waals surface area (Å²) in [7, 11) is 0. The van der Waals surface area contributed by atoms with Crippen LogP contribution in [0.5, 0.6) is 0 Å². The van der Waals surface area contributed by atoms with Gasteiger partial charge in [-0.2, -0.15) is 0 Å². The molecule has 146 valence electrons. The van der Waals surface area contributed by atoms with Crippen molar-refractivity contribution < 1.29 is 13.9 Å². The van der Waals surface area contributed by atoms with Crippen molar-refractivity contribution in [1.82, 2.24) is 10.6 Å². The molecule has 0 aliphatic heterocycles. The predicted octanol–water partition coefficient (Wildman–Crippen LogP) is 3.01. The Morgan fingerprint density at radius 1 is 1.15 bits per heavy atom. The summed E-state index contributed by atoms with van der Waals surface area (Å²) in [5.74, 6) is 0.801. The molecule has 1 heterocycles. The molecule has 0 saturated carbocycles. The Balaban J connectivity index is 1.83. The van der Waals surface area contributed by atoms with E-state index < -0.39 is 0 Å². The number of rotatable bonds is 10. The number of hydrogen-bond donors (Lipinski definition) is 3. The van der Waals surface area contributed by atoms with E-state index in [1.54, 1.807) is 12.1 Å². The molecule has 0 atom stereocenters. The van der Waals surface area contributed by atoms with E-state index in [-0.39, 0.29) is 11.7 Å². The Hall–Kier alpha value is -2.80. The van der Waals surface area contributed by atoms with Crippen molar-refractivity contribution in [3.05, 3.63) is 54.0 Å². The van der Waals surface area contributed by atoms with Gasteiger partial charge in [0.05, 0.1) is 12.8 Å². The van der Waals surface area contributed by atoms with Crippen molar-refractivity contribution in [2.75, 3.05) is 31.6 Å². The summed E-state index contributed by atoms with van der Waals surface area (Å²) < 4.78 is 10.4. The van der Waals surface area contributed by atoms with Gasteiger partial charge in [0.1, 0.15) is 0 Å². The number of carbonyl (C=O) groups excluding carboxylic acids is 1. The number of furan rings is 1. The van der Waals surface area contributed by atoms with Crippen LogP contribution in [0.25, 0.3) is 0 Å². The lowest BCUT2D eigenvalue weighted by atomic mass is 10.2. The SMILES string of the molecule is CCNC(=NCc1ccc(NC(=O)c2ccco2)cc1)NCCCOCC. The molecule has 0 radical (unpaired) electrons. The Bertz CT molecular complexity index is 697. The molecular formula is C20H28N4O3. The minimum absolute atomic E-state index is 0.267. The largest absolute Gasteiger partial charge is 0.459 e. The molecule has 0 fully saturated rings. The first-order chi connectivity index (χ1) is 13.2. The molecule has 7 nitrogen and oxygen atoms in total. The van der Waals surface area contributed by atoms with Crippen molar-refractivity contribution >= 4 is 17.6 Å². The van der Waals surface area contributed by atoms with E-state index >= 15 is 0 Å². The molecule has 0 spiro atoms. The van der Waals surface area contributed by atoms with Crippen molar-refractivity contribution in [1.29, 1.82) is 0 Å². The Morgan fingerprint density at radius 2 is 1.96 bits per heavy atom. The van der Waals surface area contributed by atoms with E-state index in [0.717, 1.165) is 44.2 Å². The van der Waals surface area contributed by atoms with E-state index in [1.807, 2.05) is 38.1 Å². The van der Waals surface area contributed by atoms with Crippen LogP contribution < -0.4 is 16.0 Å². The lowest BCUT2D eigenvalue weighted by molar-refractivity contribution is 0.0996. The van der Waals surface area contributed by atoms with Crippen LogP contribution in [0.15, 0.2) is 52.1 Å². The highest BCUT2D eigenvalue weighted by molar-refractivity contribution is 6.02. The molecular weight excluding hydrogens is 344 g/mol. The second-order valence-electron chi connectivity index (χ2n) is 5.80. The fourth-order valence-corrected chi connectivity index (χ4v) is 2.33. The van der Waals surface area contributed by atoms with E-state index in [4.69, 9.17) is 9.15 Å². The molecule has 2 rings (SSSR count). The molecule has 0 aliphatic rings. The van der Waals surface area contributed by atoms with Crippen LogP contribution in [-0.4, -0.2) is 38.2 Å². The summed E-state index contributed by atoms with van der Waals surface area (Å²) in [5.41, 5.74) is 1.77. The highest BCUT2D eigenvalue weighted by Gasteiger charge is 2.08. The highest BCUT2D eigenvalue weighted by atomic mass is 16.5. The van der Waals surface area contributed by atoms with Crippen molar-refractivity contribution in [3.63, 3.8) is 0 Å². The van der Waals surface area contributed by atoms with Gasteiger partial charge in [-0.05, 0) is 50.1 Å². The van der Waals surface area contributed by atoms with E-state index in [1.165, 1.54) is 6.26 Å². The standard InChI is InChI=1S/C20H28N4O3/c1-3-21-20(22-12-6-13-26-4-2)23-15-16-8-10-17(11-9-16)24-19(25)18-7-5-14-27-18/h5,7-11,14H,3-4,6,12-13,15H2,1-2H3,(H,24,25)(H2,21,22,23). The summed E-state index contributed by atoms with van der Waals surface area (Å²) in [6.07, 6.45) is 2.41. The maximum absolute atomic E-state index is 12.0. The van der Waals surface area contributed by atoms with Gasteiger partial charge in [-0.3, -0.25) is 4.79 Å². The van der Waals surface area contributed by atoms with Gasteiger partial charge in [0.25, 0.3) is 5.91 Å². The minimum atomic E-state index is -0.267. The lowest BCUT2D eigenvalue weighted by Crippen LogP contribution is -2.38. The van der Waals surface area contributed by atoms with Crippen molar-refractivity contribution in [3.8, 4) is 0 Å². The van der Waals surface area contributed by atoms with Crippen LogP contribution in [0.2, 0.25) is 0 Å². The average molecular weight is 372 g/mol. The Labute approximate surface area is 160 Å². The first kappa shape index (κ1) is 20.5. The number of anilines is 1. The van der Waals surface area contributed by atoms with E-state index in [9.17, 15) is 4.79 Å². The minimum Gasteiger partial charge on any atom is -0.459 e. The summed E-state index contributed by atoms with van der Waals surface area (Å²) in [6.45, 7) is 7.67. The third kappa shape index (κ3) is 7.53. The molecule has 7 heteroatoms. The number of benzene rings is 1. The molecule has 2 aromatic rings.